The van der Waals surface area contributed by atoms with E-state index >= 15 is 0 Å². The molecular weight excluding hydrogens is 264 g/mol. The zero-order chi connectivity index (χ0) is 14.8. The molecule has 0 spiro atoms. The number of rotatable bonds is 3. The van der Waals surface area contributed by atoms with E-state index in [1.165, 1.54) is 0 Å². The molecule has 5 heteroatoms. The van der Waals surface area contributed by atoms with Crippen molar-refractivity contribution >= 4 is 11.6 Å². The van der Waals surface area contributed by atoms with Crippen LogP contribution in [0.5, 0.6) is 0 Å². The number of aryl methyl sites for hydroxylation is 2. The molecule has 3 rings (SSSR count). The Morgan fingerprint density at radius 2 is 2.14 bits per heavy atom. The van der Waals surface area contributed by atoms with Crippen LogP contribution in [0.4, 0.5) is 0 Å². The van der Waals surface area contributed by atoms with Crippen molar-refractivity contribution < 1.29 is 4.79 Å². The fourth-order valence-corrected chi connectivity index (χ4v) is 2.36. The molecule has 0 aliphatic rings. The third-order valence-electron chi connectivity index (χ3n) is 3.41. The van der Waals surface area contributed by atoms with Gasteiger partial charge in [-0.2, -0.15) is 0 Å². The van der Waals surface area contributed by atoms with E-state index in [2.05, 4.69) is 15.3 Å². The van der Waals surface area contributed by atoms with Crippen molar-refractivity contribution in [3.8, 4) is 0 Å². The lowest BCUT2D eigenvalue weighted by Crippen LogP contribution is -2.25. The first-order valence-electron chi connectivity index (χ1n) is 6.78. The normalized spacial score (nSPS) is 10.8. The maximum absolute atomic E-state index is 12.4. The monoisotopic (exact) mass is 280 g/mol. The van der Waals surface area contributed by atoms with E-state index in [9.17, 15) is 4.79 Å². The molecule has 0 bridgehead atoms. The van der Waals surface area contributed by atoms with Crippen LogP contribution in [-0.4, -0.2) is 20.3 Å². The standard InChI is InChI=1S/C16H16N4O/c1-11-5-4-8-20-14(12(2)19-15(11)20)16(21)18-10-13-6-3-7-17-9-13/h3-9H,10H2,1-2H3,(H,18,21). The van der Waals surface area contributed by atoms with E-state index in [4.69, 9.17) is 0 Å². The lowest BCUT2D eigenvalue weighted by atomic mass is 10.2. The number of carbonyl (C=O) groups is 1. The van der Waals surface area contributed by atoms with Gasteiger partial charge in [0.2, 0.25) is 0 Å². The third kappa shape index (κ3) is 2.50. The van der Waals surface area contributed by atoms with E-state index in [0.717, 1.165) is 22.5 Å². The van der Waals surface area contributed by atoms with Gasteiger partial charge >= 0.3 is 0 Å². The fraction of sp³-hybridized carbons (Fsp3) is 0.188. The highest BCUT2D eigenvalue weighted by atomic mass is 16.1. The van der Waals surface area contributed by atoms with Crippen LogP contribution < -0.4 is 5.32 Å². The van der Waals surface area contributed by atoms with Crippen LogP contribution in [0.25, 0.3) is 5.65 Å². The molecule has 106 valence electrons. The van der Waals surface area contributed by atoms with Gasteiger partial charge in [0, 0.05) is 25.1 Å². The summed E-state index contributed by atoms with van der Waals surface area (Å²) in [4.78, 5) is 20.9. The third-order valence-corrected chi connectivity index (χ3v) is 3.41. The summed E-state index contributed by atoms with van der Waals surface area (Å²) in [6.07, 6.45) is 5.32. The van der Waals surface area contributed by atoms with Gasteiger partial charge in [0.15, 0.2) is 0 Å². The Labute approximate surface area is 122 Å². The Balaban J connectivity index is 1.88. The number of carbonyl (C=O) groups excluding carboxylic acids is 1. The molecule has 1 N–H and O–H groups in total. The number of pyridine rings is 2. The predicted molar refractivity (Wildman–Crippen MR) is 80.1 cm³/mol. The highest BCUT2D eigenvalue weighted by Gasteiger charge is 2.16. The van der Waals surface area contributed by atoms with Crippen molar-refractivity contribution in [2.75, 3.05) is 0 Å². The highest BCUT2D eigenvalue weighted by molar-refractivity contribution is 5.94. The fourth-order valence-electron chi connectivity index (χ4n) is 2.36. The molecule has 3 aromatic rings. The molecule has 5 nitrogen and oxygen atoms in total. The number of hydrogen-bond acceptors (Lipinski definition) is 3. The number of nitrogens with zero attached hydrogens (tertiary/aromatic N) is 3. The summed E-state index contributed by atoms with van der Waals surface area (Å²) < 4.78 is 1.84. The van der Waals surface area contributed by atoms with Crippen LogP contribution in [-0.2, 0) is 6.54 Å². The summed E-state index contributed by atoms with van der Waals surface area (Å²) >= 11 is 0. The second-order valence-electron chi connectivity index (χ2n) is 4.97. The van der Waals surface area contributed by atoms with Crippen LogP contribution in [0, 0.1) is 13.8 Å². The van der Waals surface area contributed by atoms with Gasteiger partial charge < -0.3 is 5.32 Å². The summed E-state index contributed by atoms with van der Waals surface area (Å²) in [7, 11) is 0. The van der Waals surface area contributed by atoms with E-state index in [1.807, 2.05) is 48.7 Å². The van der Waals surface area contributed by atoms with E-state index in [1.54, 1.807) is 12.4 Å². The number of imidazole rings is 1. The minimum absolute atomic E-state index is 0.130. The Kier molecular flexibility index (Phi) is 3.39. The summed E-state index contributed by atoms with van der Waals surface area (Å²) in [5, 5.41) is 2.91. The molecule has 0 aromatic carbocycles. The molecule has 21 heavy (non-hydrogen) atoms. The topological polar surface area (TPSA) is 59.3 Å². The van der Waals surface area contributed by atoms with Crippen LogP contribution >= 0.6 is 0 Å². The molecule has 0 saturated heterocycles. The molecule has 0 aliphatic heterocycles. The number of amides is 1. The number of fused-ring (bicyclic) bond motifs is 1. The zero-order valence-electron chi connectivity index (χ0n) is 12.0. The van der Waals surface area contributed by atoms with Crippen molar-refractivity contribution in [3.05, 3.63) is 65.4 Å². The van der Waals surface area contributed by atoms with Crippen LogP contribution in [0.3, 0.4) is 0 Å². The summed E-state index contributed by atoms with van der Waals surface area (Å²) in [6, 6.07) is 7.68. The first-order chi connectivity index (χ1) is 10.2. The van der Waals surface area contributed by atoms with Crippen LogP contribution in [0.2, 0.25) is 0 Å². The van der Waals surface area contributed by atoms with Gasteiger partial charge in [0.1, 0.15) is 11.3 Å². The van der Waals surface area contributed by atoms with Gasteiger partial charge in [-0.05, 0) is 37.1 Å². The van der Waals surface area contributed by atoms with Crippen molar-refractivity contribution in [1.82, 2.24) is 19.7 Å². The minimum atomic E-state index is -0.130. The van der Waals surface area contributed by atoms with E-state index < -0.39 is 0 Å². The Hall–Kier alpha value is -2.69. The van der Waals surface area contributed by atoms with Crippen molar-refractivity contribution in [1.29, 1.82) is 0 Å². The molecule has 0 radical (unpaired) electrons. The minimum Gasteiger partial charge on any atom is -0.347 e. The Bertz CT molecular complexity index is 793. The first-order valence-corrected chi connectivity index (χ1v) is 6.78. The second-order valence-corrected chi connectivity index (χ2v) is 4.97. The number of nitrogens with one attached hydrogen (secondary N) is 1. The largest absolute Gasteiger partial charge is 0.347 e. The van der Waals surface area contributed by atoms with Crippen molar-refractivity contribution in [2.24, 2.45) is 0 Å². The molecule has 0 atom stereocenters. The Morgan fingerprint density at radius 1 is 1.29 bits per heavy atom. The van der Waals surface area contributed by atoms with Gasteiger partial charge in [-0.1, -0.05) is 12.1 Å². The molecule has 0 aliphatic carbocycles. The van der Waals surface area contributed by atoms with E-state index in [0.29, 0.717) is 12.2 Å². The maximum atomic E-state index is 12.4. The summed E-state index contributed by atoms with van der Waals surface area (Å²) in [5.74, 6) is -0.130. The molecule has 1 amide bonds. The first kappa shape index (κ1) is 13.3. The second kappa shape index (κ2) is 5.36. The molecule has 0 unspecified atom stereocenters. The average Bonchev–Trinajstić information content (AvgIpc) is 2.84. The van der Waals surface area contributed by atoms with Gasteiger partial charge in [-0.25, -0.2) is 4.98 Å². The molecule has 3 heterocycles. The average molecular weight is 280 g/mol. The highest BCUT2D eigenvalue weighted by Crippen LogP contribution is 2.15. The van der Waals surface area contributed by atoms with E-state index in [-0.39, 0.29) is 5.91 Å². The maximum Gasteiger partial charge on any atom is 0.270 e. The lowest BCUT2D eigenvalue weighted by molar-refractivity contribution is 0.0944. The van der Waals surface area contributed by atoms with Crippen molar-refractivity contribution in [3.63, 3.8) is 0 Å². The molecular formula is C16H16N4O. The quantitative estimate of drug-likeness (QED) is 0.800. The molecule has 3 aromatic heterocycles. The number of aromatic nitrogens is 3. The lowest BCUT2D eigenvalue weighted by Gasteiger charge is -2.06. The van der Waals surface area contributed by atoms with Crippen LogP contribution in [0.1, 0.15) is 27.3 Å². The van der Waals surface area contributed by atoms with Gasteiger partial charge in [0.05, 0.1) is 5.69 Å². The van der Waals surface area contributed by atoms with Gasteiger partial charge in [-0.3, -0.25) is 14.2 Å². The van der Waals surface area contributed by atoms with Crippen molar-refractivity contribution in [2.45, 2.75) is 20.4 Å². The Morgan fingerprint density at radius 3 is 2.90 bits per heavy atom. The van der Waals surface area contributed by atoms with Crippen LogP contribution in [0.15, 0.2) is 42.9 Å². The molecule has 0 saturated carbocycles. The summed E-state index contributed by atoms with van der Waals surface area (Å²) in [6.45, 7) is 4.29. The van der Waals surface area contributed by atoms with Gasteiger partial charge in [-0.15, -0.1) is 0 Å². The molecule has 0 fully saturated rings. The number of hydrogen-bond donors (Lipinski definition) is 1. The zero-order valence-corrected chi connectivity index (χ0v) is 12.0. The SMILES string of the molecule is Cc1nc2c(C)cccn2c1C(=O)NCc1cccnc1. The van der Waals surface area contributed by atoms with Gasteiger partial charge in [0.25, 0.3) is 5.91 Å². The summed E-state index contributed by atoms with van der Waals surface area (Å²) in [5.41, 5.74) is 4.15. The smallest absolute Gasteiger partial charge is 0.270 e. The predicted octanol–water partition coefficient (Wildman–Crippen LogP) is 2.28.